The number of aliphatic imine (C=N–C) groups is 1. The number of carbonyl (C=O) groups excluding carboxylic acids is 1. The molecule has 31 heavy (non-hydrogen) atoms. The molecule has 0 aliphatic carbocycles. The Morgan fingerprint density at radius 3 is 2.71 bits per heavy atom. The van der Waals surface area contributed by atoms with E-state index in [4.69, 9.17) is 9.73 Å². The maximum atomic E-state index is 11.9. The Hall–Kier alpha value is -3.58. The summed E-state index contributed by atoms with van der Waals surface area (Å²) >= 11 is 0. The van der Waals surface area contributed by atoms with Crippen LogP contribution in [0, 0.1) is 0 Å². The van der Waals surface area contributed by atoms with Crippen LogP contribution in [0.5, 0.6) is 0 Å². The van der Waals surface area contributed by atoms with Gasteiger partial charge in [0.15, 0.2) is 6.17 Å². The van der Waals surface area contributed by atoms with Crippen molar-refractivity contribution in [3.63, 3.8) is 0 Å². The predicted octanol–water partition coefficient (Wildman–Crippen LogP) is 2.45. The number of carbonyl (C=O) groups is 1. The molecule has 1 unspecified atom stereocenters. The van der Waals surface area contributed by atoms with Gasteiger partial charge < -0.3 is 25.2 Å². The Morgan fingerprint density at radius 1 is 1.03 bits per heavy atom. The van der Waals surface area contributed by atoms with Crippen LogP contribution in [0.4, 0.5) is 5.69 Å². The zero-order chi connectivity index (χ0) is 20.8. The minimum absolute atomic E-state index is 0.0476. The minimum Gasteiger partial charge on any atom is -0.378 e. The maximum Gasteiger partial charge on any atom is 0.228 e. The largest absolute Gasteiger partial charge is 0.378 e. The number of fused-ring (bicyclic) bond motifs is 2. The van der Waals surface area contributed by atoms with Gasteiger partial charge in [-0.05, 0) is 23.3 Å². The third kappa shape index (κ3) is 3.09. The number of morpholine rings is 1. The molecule has 0 bridgehead atoms. The van der Waals surface area contributed by atoms with Gasteiger partial charge in [-0.3, -0.25) is 4.79 Å². The molecule has 0 saturated carbocycles. The lowest BCUT2D eigenvalue weighted by Crippen LogP contribution is -2.53. The molecule has 7 nitrogen and oxygen atoms in total. The quantitative estimate of drug-likeness (QED) is 0.792. The number of nitrogens with one attached hydrogen (secondary N) is 2. The molecule has 1 fully saturated rings. The second kappa shape index (κ2) is 7.28. The fraction of sp³-hybridized carbons (Fsp3) is 0.250. The lowest BCUT2D eigenvalue weighted by molar-refractivity contribution is -0.115. The lowest BCUT2D eigenvalue weighted by atomic mass is 10.0. The Kier molecular flexibility index (Phi) is 4.28. The third-order valence-electron chi connectivity index (χ3n) is 6.13. The van der Waals surface area contributed by atoms with Gasteiger partial charge in [-0.1, -0.05) is 36.4 Å². The number of amides is 1. The third-order valence-corrected chi connectivity index (χ3v) is 6.13. The van der Waals surface area contributed by atoms with Gasteiger partial charge in [0.25, 0.3) is 0 Å². The van der Waals surface area contributed by atoms with E-state index in [0.29, 0.717) is 19.6 Å². The Balaban J connectivity index is 1.44. The minimum atomic E-state index is -0.0821. The molecule has 2 aromatic carbocycles. The van der Waals surface area contributed by atoms with Gasteiger partial charge in [0.2, 0.25) is 5.91 Å². The van der Waals surface area contributed by atoms with Crippen LogP contribution in [0.15, 0.2) is 65.9 Å². The van der Waals surface area contributed by atoms with Crippen molar-refractivity contribution in [2.45, 2.75) is 12.6 Å². The zero-order valence-electron chi connectivity index (χ0n) is 17.0. The van der Waals surface area contributed by atoms with Gasteiger partial charge in [-0.15, -0.1) is 0 Å². The van der Waals surface area contributed by atoms with Crippen LogP contribution < -0.4 is 10.6 Å². The molecule has 1 saturated heterocycles. The normalized spacial score (nSPS) is 22.1. The molecule has 4 aliphatic rings. The van der Waals surface area contributed by atoms with Crippen molar-refractivity contribution in [3.8, 4) is 0 Å². The number of nitrogens with zero attached hydrogens (tertiary/aromatic N) is 3. The number of hydrogen-bond acceptors (Lipinski definition) is 6. The van der Waals surface area contributed by atoms with Gasteiger partial charge in [0, 0.05) is 36.7 Å². The van der Waals surface area contributed by atoms with Crippen molar-refractivity contribution < 1.29 is 9.53 Å². The van der Waals surface area contributed by atoms with Crippen LogP contribution in [0.1, 0.15) is 16.7 Å². The lowest BCUT2D eigenvalue weighted by Gasteiger charge is -2.37. The summed E-state index contributed by atoms with van der Waals surface area (Å²) < 4.78 is 5.54. The van der Waals surface area contributed by atoms with Gasteiger partial charge >= 0.3 is 0 Å². The monoisotopic (exact) mass is 413 g/mol. The van der Waals surface area contributed by atoms with Crippen molar-refractivity contribution in [3.05, 3.63) is 77.6 Å². The molecule has 4 heterocycles. The van der Waals surface area contributed by atoms with Crippen molar-refractivity contribution in [2.75, 3.05) is 31.6 Å². The summed E-state index contributed by atoms with van der Waals surface area (Å²) in [4.78, 5) is 21.2. The zero-order valence-corrected chi connectivity index (χ0v) is 17.0. The van der Waals surface area contributed by atoms with Crippen LogP contribution >= 0.6 is 0 Å². The average Bonchev–Trinajstić information content (AvgIpc) is 3.39. The number of rotatable bonds is 2. The molecule has 7 heteroatoms. The summed E-state index contributed by atoms with van der Waals surface area (Å²) in [5.41, 5.74) is 6.30. The first kappa shape index (κ1) is 18.2. The summed E-state index contributed by atoms with van der Waals surface area (Å²) in [6.07, 6.45) is 4.24. The molecule has 1 amide bonds. The summed E-state index contributed by atoms with van der Waals surface area (Å²) in [5, 5.41) is 6.67. The number of hydrogen-bond donors (Lipinski definition) is 2. The first-order valence-electron chi connectivity index (χ1n) is 10.6. The SMILES string of the molecule is O=C1Cc2cc(C3=C(c4ccccc4)NC4C(N5CCOCC5)=NC=CN34)ccc2N1. The average molecular weight is 413 g/mol. The van der Waals surface area contributed by atoms with Gasteiger partial charge in [0.05, 0.1) is 31.0 Å². The van der Waals surface area contributed by atoms with Crippen LogP contribution in [-0.4, -0.2) is 54.0 Å². The molecular formula is C24H23N5O2. The number of amidine groups is 1. The highest BCUT2D eigenvalue weighted by Gasteiger charge is 2.38. The smallest absolute Gasteiger partial charge is 0.228 e. The molecule has 156 valence electrons. The summed E-state index contributed by atoms with van der Waals surface area (Å²) in [6, 6.07) is 16.6. The first-order chi connectivity index (χ1) is 15.3. The molecule has 1 atom stereocenters. The fourth-order valence-corrected chi connectivity index (χ4v) is 4.68. The maximum absolute atomic E-state index is 11.9. The summed E-state index contributed by atoms with van der Waals surface area (Å²) in [5.74, 6) is 1.05. The highest BCUT2D eigenvalue weighted by molar-refractivity contribution is 6.02. The van der Waals surface area contributed by atoms with Crippen molar-refractivity contribution >= 4 is 28.8 Å². The highest BCUT2D eigenvalue weighted by Crippen LogP contribution is 2.38. The molecular weight excluding hydrogens is 390 g/mol. The second-order valence-corrected chi connectivity index (χ2v) is 8.03. The van der Waals surface area contributed by atoms with E-state index in [1.807, 2.05) is 24.5 Å². The van der Waals surface area contributed by atoms with E-state index in [0.717, 1.165) is 52.7 Å². The van der Waals surface area contributed by atoms with Gasteiger partial charge in [0.1, 0.15) is 5.84 Å². The van der Waals surface area contributed by atoms with Crippen LogP contribution in [-0.2, 0) is 16.0 Å². The van der Waals surface area contributed by atoms with E-state index >= 15 is 0 Å². The van der Waals surface area contributed by atoms with E-state index in [9.17, 15) is 4.79 Å². The topological polar surface area (TPSA) is 69.2 Å². The van der Waals surface area contributed by atoms with E-state index in [1.54, 1.807) is 0 Å². The Labute approximate surface area is 180 Å². The molecule has 4 aliphatic heterocycles. The van der Waals surface area contributed by atoms with Crippen LogP contribution in [0.3, 0.4) is 0 Å². The van der Waals surface area contributed by atoms with E-state index in [2.05, 4.69) is 56.8 Å². The predicted molar refractivity (Wildman–Crippen MR) is 120 cm³/mol. The summed E-state index contributed by atoms with van der Waals surface area (Å²) in [6.45, 7) is 3.10. The molecule has 0 aromatic heterocycles. The van der Waals surface area contributed by atoms with Gasteiger partial charge in [-0.2, -0.15) is 0 Å². The van der Waals surface area contributed by atoms with Crippen LogP contribution in [0.25, 0.3) is 11.4 Å². The molecule has 0 radical (unpaired) electrons. The molecule has 2 N–H and O–H groups in total. The van der Waals surface area contributed by atoms with E-state index in [1.165, 1.54) is 0 Å². The van der Waals surface area contributed by atoms with Crippen molar-refractivity contribution in [2.24, 2.45) is 4.99 Å². The Morgan fingerprint density at radius 2 is 1.87 bits per heavy atom. The Bertz CT molecular complexity index is 1130. The molecule has 0 spiro atoms. The fourth-order valence-electron chi connectivity index (χ4n) is 4.68. The van der Waals surface area contributed by atoms with Crippen molar-refractivity contribution in [1.29, 1.82) is 0 Å². The van der Waals surface area contributed by atoms with E-state index in [-0.39, 0.29) is 12.1 Å². The number of benzene rings is 2. The van der Waals surface area contributed by atoms with E-state index < -0.39 is 0 Å². The van der Waals surface area contributed by atoms with Crippen LogP contribution in [0.2, 0.25) is 0 Å². The van der Waals surface area contributed by atoms with Crippen molar-refractivity contribution in [1.82, 2.24) is 15.1 Å². The summed E-state index contributed by atoms with van der Waals surface area (Å²) in [7, 11) is 0. The van der Waals surface area contributed by atoms with Gasteiger partial charge in [-0.25, -0.2) is 4.99 Å². The molecule has 2 aromatic rings. The first-order valence-corrected chi connectivity index (χ1v) is 10.6. The standard InChI is InChI=1S/C24H23N5O2/c30-20-15-18-14-17(6-7-19(18)26-20)22-21(16-4-2-1-3-5-16)27-24-23(25-8-9-29(22)24)28-10-12-31-13-11-28/h1-9,14,24,27H,10-13,15H2,(H,26,30). The number of ether oxygens (including phenoxy) is 1. The number of anilines is 1. The second-order valence-electron chi connectivity index (χ2n) is 8.03. The molecule has 6 rings (SSSR count). The highest BCUT2D eigenvalue weighted by atomic mass is 16.5.